The van der Waals surface area contributed by atoms with E-state index in [0.29, 0.717) is 12.2 Å². The third-order valence-electron chi connectivity index (χ3n) is 1.60. The van der Waals surface area contributed by atoms with Gasteiger partial charge in [0, 0.05) is 11.5 Å². The lowest BCUT2D eigenvalue weighted by atomic mass is 10.2. The summed E-state index contributed by atoms with van der Waals surface area (Å²) in [5, 5.41) is 10.1. The van der Waals surface area contributed by atoms with Crippen molar-refractivity contribution in [1.29, 1.82) is 0 Å². The Morgan fingerprint density at radius 2 is 2.08 bits per heavy atom. The van der Waals surface area contributed by atoms with Gasteiger partial charge in [0.05, 0.1) is 5.76 Å². The SMILES string of the molecule is C/C=C(/Cl)CCC(O)=CCCC. The van der Waals surface area contributed by atoms with E-state index in [9.17, 15) is 5.11 Å². The molecule has 0 unspecified atom stereocenters. The average Bonchev–Trinajstić information content (AvgIpc) is 2.10. The Balaban J connectivity index is 3.63. The van der Waals surface area contributed by atoms with E-state index in [0.717, 1.165) is 24.3 Å². The normalized spacial score (nSPS) is 13.6. The van der Waals surface area contributed by atoms with Gasteiger partial charge in [0.2, 0.25) is 0 Å². The first kappa shape index (κ1) is 11.6. The van der Waals surface area contributed by atoms with E-state index in [-0.39, 0.29) is 0 Å². The molecule has 0 amide bonds. The van der Waals surface area contributed by atoms with Crippen molar-refractivity contribution >= 4 is 11.6 Å². The minimum atomic E-state index is 0.455. The second kappa shape index (κ2) is 7.23. The maximum atomic E-state index is 9.30. The second-order valence-electron chi connectivity index (χ2n) is 2.72. The van der Waals surface area contributed by atoms with E-state index >= 15 is 0 Å². The van der Waals surface area contributed by atoms with Crippen LogP contribution in [-0.2, 0) is 0 Å². The highest BCUT2D eigenvalue weighted by atomic mass is 35.5. The Morgan fingerprint density at radius 3 is 2.58 bits per heavy atom. The quantitative estimate of drug-likeness (QED) is 0.643. The molecule has 1 nitrogen and oxygen atoms in total. The molecule has 70 valence electrons. The third-order valence-corrected chi connectivity index (χ3v) is 2.01. The molecule has 1 N–H and O–H groups in total. The smallest absolute Gasteiger partial charge is 0.0886 e. The lowest BCUT2D eigenvalue weighted by molar-refractivity contribution is 0.386. The van der Waals surface area contributed by atoms with Crippen molar-refractivity contribution in [1.82, 2.24) is 0 Å². The first-order valence-corrected chi connectivity index (χ1v) is 4.77. The molecule has 0 aliphatic rings. The highest BCUT2D eigenvalue weighted by Crippen LogP contribution is 2.13. The Morgan fingerprint density at radius 1 is 1.42 bits per heavy atom. The van der Waals surface area contributed by atoms with Gasteiger partial charge in [-0.2, -0.15) is 0 Å². The molecule has 2 heteroatoms. The maximum absolute atomic E-state index is 9.30. The maximum Gasteiger partial charge on any atom is 0.0886 e. The predicted octanol–water partition coefficient (Wildman–Crippen LogP) is 4.15. The van der Waals surface area contributed by atoms with E-state index < -0.39 is 0 Å². The van der Waals surface area contributed by atoms with Crippen molar-refractivity contribution in [3.63, 3.8) is 0 Å². The van der Waals surface area contributed by atoms with Crippen molar-refractivity contribution in [2.24, 2.45) is 0 Å². The predicted molar refractivity (Wildman–Crippen MR) is 54.5 cm³/mol. The minimum absolute atomic E-state index is 0.455. The first-order chi connectivity index (χ1) is 5.70. The van der Waals surface area contributed by atoms with Crippen LogP contribution in [0, 0.1) is 0 Å². The van der Waals surface area contributed by atoms with Gasteiger partial charge in [-0.3, -0.25) is 0 Å². The summed E-state index contributed by atoms with van der Waals surface area (Å²) in [5.41, 5.74) is 0. The van der Waals surface area contributed by atoms with Crippen LogP contribution in [0.15, 0.2) is 22.9 Å². The summed E-state index contributed by atoms with van der Waals surface area (Å²) in [7, 11) is 0. The molecule has 0 saturated carbocycles. The number of aliphatic hydroxyl groups excluding tert-OH is 1. The molecule has 12 heavy (non-hydrogen) atoms. The molecule has 0 bridgehead atoms. The molecule has 0 saturated heterocycles. The van der Waals surface area contributed by atoms with Gasteiger partial charge in [-0.15, -0.1) is 0 Å². The fourth-order valence-corrected chi connectivity index (χ4v) is 0.899. The molecule has 0 fully saturated rings. The van der Waals surface area contributed by atoms with Crippen LogP contribution in [0.2, 0.25) is 0 Å². The molecular weight excluding hydrogens is 172 g/mol. The Hall–Kier alpha value is -0.430. The Labute approximate surface area is 79.7 Å². The van der Waals surface area contributed by atoms with Crippen LogP contribution in [0.3, 0.4) is 0 Å². The molecule has 0 aromatic rings. The average molecular weight is 189 g/mol. The molecule has 0 aliphatic carbocycles. The van der Waals surface area contributed by atoms with Gasteiger partial charge in [0.25, 0.3) is 0 Å². The lowest BCUT2D eigenvalue weighted by Gasteiger charge is -1.98. The number of rotatable bonds is 5. The molecule has 0 aromatic carbocycles. The summed E-state index contributed by atoms with van der Waals surface area (Å²) in [5.74, 6) is 0.455. The zero-order chi connectivity index (χ0) is 9.40. The van der Waals surface area contributed by atoms with E-state index in [4.69, 9.17) is 11.6 Å². The van der Waals surface area contributed by atoms with E-state index in [1.165, 1.54) is 0 Å². The van der Waals surface area contributed by atoms with Crippen LogP contribution in [-0.4, -0.2) is 5.11 Å². The van der Waals surface area contributed by atoms with Crippen molar-refractivity contribution in [3.8, 4) is 0 Å². The van der Waals surface area contributed by atoms with Gasteiger partial charge < -0.3 is 5.11 Å². The third kappa shape index (κ3) is 6.29. The highest BCUT2D eigenvalue weighted by molar-refractivity contribution is 6.29. The number of halogens is 1. The van der Waals surface area contributed by atoms with Crippen LogP contribution in [0.4, 0.5) is 0 Å². The van der Waals surface area contributed by atoms with Crippen molar-refractivity contribution in [2.45, 2.75) is 39.5 Å². The molecule has 0 aliphatic heterocycles. The standard InChI is InChI=1S/C10H17ClO/c1-3-5-6-10(12)8-7-9(11)4-2/h4,6,12H,3,5,7-8H2,1-2H3/b9-4+,10-6?. The van der Waals surface area contributed by atoms with Crippen molar-refractivity contribution < 1.29 is 5.11 Å². The minimum Gasteiger partial charge on any atom is -0.513 e. The summed E-state index contributed by atoms with van der Waals surface area (Å²) in [4.78, 5) is 0. The lowest BCUT2D eigenvalue weighted by Crippen LogP contribution is -1.82. The second-order valence-corrected chi connectivity index (χ2v) is 3.21. The topological polar surface area (TPSA) is 20.2 Å². The summed E-state index contributed by atoms with van der Waals surface area (Å²) in [6.45, 7) is 3.98. The van der Waals surface area contributed by atoms with E-state index in [2.05, 4.69) is 6.92 Å². The van der Waals surface area contributed by atoms with Crippen molar-refractivity contribution in [2.75, 3.05) is 0 Å². The molecular formula is C10H17ClO. The molecule has 0 heterocycles. The molecule has 0 rings (SSSR count). The fourth-order valence-electron chi connectivity index (χ4n) is 0.805. The molecule has 0 aromatic heterocycles. The van der Waals surface area contributed by atoms with E-state index in [1.807, 2.05) is 19.1 Å². The number of allylic oxidation sites excluding steroid dienone is 4. The van der Waals surface area contributed by atoms with E-state index in [1.54, 1.807) is 0 Å². The first-order valence-electron chi connectivity index (χ1n) is 4.39. The molecule has 0 atom stereocenters. The summed E-state index contributed by atoms with van der Waals surface area (Å²) >= 11 is 5.77. The van der Waals surface area contributed by atoms with Crippen LogP contribution in [0.5, 0.6) is 0 Å². The Kier molecular flexibility index (Phi) is 6.97. The molecule has 0 radical (unpaired) electrons. The van der Waals surface area contributed by atoms with Crippen LogP contribution >= 0.6 is 11.6 Å². The Bertz CT molecular complexity index is 171. The zero-order valence-corrected chi connectivity index (χ0v) is 8.56. The van der Waals surface area contributed by atoms with Gasteiger partial charge in [-0.05, 0) is 25.8 Å². The van der Waals surface area contributed by atoms with Gasteiger partial charge >= 0.3 is 0 Å². The summed E-state index contributed by atoms with van der Waals surface area (Å²) in [6, 6.07) is 0. The number of unbranched alkanes of at least 4 members (excludes halogenated alkanes) is 1. The van der Waals surface area contributed by atoms with Crippen LogP contribution in [0.25, 0.3) is 0 Å². The molecule has 0 spiro atoms. The number of hydrogen-bond acceptors (Lipinski definition) is 1. The van der Waals surface area contributed by atoms with Crippen molar-refractivity contribution in [3.05, 3.63) is 22.9 Å². The summed E-state index contributed by atoms with van der Waals surface area (Å²) < 4.78 is 0. The van der Waals surface area contributed by atoms with Gasteiger partial charge in [0.1, 0.15) is 0 Å². The largest absolute Gasteiger partial charge is 0.513 e. The van der Waals surface area contributed by atoms with Gasteiger partial charge in [-0.25, -0.2) is 0 Å². The fraction of sp³-hybridized carbons (Fsp3) is 0.600. The van der Waals surface area contributed by atoms with Crippen LogP contribution in [0.1, 0.15) is 39.5 Å². The monoisotopic (exact) mass is 188 g/mol. The number of aliphatic hydroxyl groups is 1. The van der Waals surface area contributed by atoms with Gasteiger partial charge in [0.15, 0.2) is 0 Å². The number of hydrogen-bond donors (Lipinski definition) is 1. The highest BCUT2D eigenvalue weighted by Gasteiger charge is 1.95. The van der Waals surface area contributed by atoms with Gasteiger partial charge in [-0.1, -0.05) is 31.0 Å². The summed E-state index contributed by atoms with van der Waals surface area (Å²) in [6.07, 6.45) is 7.13. The van der Waals surface area contributed by atoms with Crippen LogP contribution < -0.4 is 0 Å². The zero-order valence-electron chi connectivity index (χ0n) is 7.81.